The molecule has 4 N–H and O–H groups in total. The number of H-pyrrole nitrogens is 1. The predicted octanol–water partition coefficient (Wildman–Crippen LogP) is 2.17. The molecule has 3 aromatic carbocycles. The highest BCUT2D eigenvalue weighted by atomic mass is 16.3. The van der Waals surface area contributed by atoms with Crippen molar-refractivity contribution in [2.24, 2.45) is 0 Å². The third-order valence-corrected chi connectivity index (χ3v) is 6.78. The molecule has 4 aromatic rings. The topological polar surface area (TPSA) is 118 Å². The number of carbonyl (C=O) groups excluding carboxylic acids is 1. The summed E-state index contributed by atoms with van der Waals surface area (Å²) < 4.78 is 1.52. The summed E-state index contributed by atoms with van der Waals surface area (Å²) in [6.07, 6.45) is 0. The molecule has 37 heavy (non-hydrogen) atoms. The van der Waals surface area contributed by atoms with Crippen molar-refractivity contribution in [2.75, 3.05) is 5.32 Å². The lowest BCUT2D eigenvalue weighted by atomic mass is 9.81. The maximum atomic E-state index is 13.4. The van der Waals surface area contributed by atoms with Crippen molar-refractivity contribution in [3.05, 3.63) is 133 Å². The number of rotatable bonds is 4. The van der Waals surface area contributed by atoms with Crippen LogP contribution >= 0.6 is 0 Å². The highest BCUT2D eigenvalue weighted by Crippen LogP contribution is 2.43. The van der Waals surface area contributed by atoms with Gasteiger partial charge in [-0.1, -0.05) is 60.7 Å². The monoisotopic (exact) mass is 491 g/mol. The second-order valence-electron chi connectivity index (χ2n) is 9.14. The number of aromatic nitrogens is 2. The molecule has 1 aliphatic carbocycles. The molecule has 1 amide bonds. The van der Waals surface area contributed by atoms with Crippen LogP contribution in [0.4, 0.5) is 11.5 Å². The molecule has 1 atom stereocenters. The summed E-state index contributed by atoms with van der Waals surface area (Å²) in [4.78, 5) is 43.8. The molecule has 0 saturated carbocycles. The summed E-state index contributed by atoms with van der Waals surface area (Å²) in [6, 6.07) is 24.1. The number of fused-ring (bicyclic) bond motifs is 4. The van der Waals surface area contributed by atoms with Crippen LogP contribution in [0, 0.1) is 0 Å². The van der Waals surface area contributed by atoms with Gasteiger partial charge in [0.05, 0.1) is 11.5 Å². The number of nitrogens with one attached hydrogen (secondary N) is 3. The first-order chi connectivity index (χ1) is 17.9. The summed E-state index contributed by atoms with van der Waals surface area (Å²) in [5, 5.41) is 14.1. The molecule has 1 unspecified atom stereocenters. The highest BCUT2D eigenvalue weighted by molar-refractivity contribution is 6.21. The van der Waals surface area contributed by atoms with Crippen LogP contribution in [-0.4, -0.2) is 26.3 Å². The molecular weight excluding hydrogens is 468 g/mol. The van der Waals surface area contributed by atoms with Gasteiger partial charge in [-0.15, -0.1) is 0 Å². The Morgan fingerprint density at radius 3 is 2.35 bits per heavy atom. The predicted molar refractivity (Wildman–Crippen MR) is 140 cm³/mol. The molecule has 1 aliphatic heterocycles. The summed E-state index contributed by atoms with van der Waals surface area (Å²) in [5.41, 5.74) is 4.20. The van der Waals surface area contributed by atoms with E-state index in [0.717, 1.165) is 16.7 Å². The Morgan fingerprint density at radius 1 is 0.973 bits per heavy atom. The third kappa shape index (κ3) is 3.70. The van der Waals surface area contributed by atoms with E-state index in [1.165, 1.54) is 11.5 Å². The number of nitrogens with zero attached hydrogens (tertiary/aromatic N) is 1. The fraction of sp³-hybridized carbons (Fsp3) is 0.103. The summed E-state index contributed by atoms with van der Waals surface area (Å²) in [7, 11) is 0. The van der Waals surface area contributed by atoms with Crippen LogP contribution < -0.4 is 21.6 Å². The fourth-order valence-electron chi connectivity index (χ4n) is 5.20. The summed E-state index contributed by atoms with van der Waals surface area (Å²) in [6.45, 7) is 1.68. The first-order valence-electron chi connectivity index (χ1n) is 11.9. The number of aliphatic hydroxyl groups is 1. The number of hydrogen-bond donors (Lipinski definition) is 4. The van der Waals surface area contributed by atoms with Gasteiger partial charge in [0, 0.05) is 23.7 Å². The Labute approximate surface area is 211 Å². The van der Waals surface area contributed by atoms with E-state index in [9.17, 15) is 19.5 Å². The first-order valence-corrected chi connectivity index (χ1v) is 11.9. The molecule has 0 spiro atoms. The lowest BCUT2D eigenvalue weighted by molar-refractivity contribution is -0.364. The van der Waals surface area contributed by atoms with Gasteiger partial charge in [-0.05, 0) is 29.3 Å². The minimum absolute atomic E-state index is 0.0832. The van der Waals surface area contributed by atoms with E-state index in [-0.39, 0.29) is 18.2 Å². The number of aromatic amines is 1. The lowest BCUT2D eigenvalue weighted by Crippen LogP contribution is -2.72. The molecule has 8 heteroatoms. The number of allylic oxidation sites excluding steroid dienone is 1. The highest BCUT2D eigenvalue weighted by Gasteiger charge is 2.44. The minimum atomic E-state index is -0.656. The standard InChI is InChI=1S/C29H22N4O4/c1-16(34)30-19-13-11-18(12-14-19)22-23-25(20-9-5-6-10-21(20)26(23)35)31-27-24(22)28(36)32-29(37)33(27)15-17-7-3-2-4-8-17/h2-14,22,35H,15H2,1H3,(H,30,34)(H,32,36,37)/p+1. The average molecular weight is 492 g/mol. The van der Waals surface area contributed by atoms with Crippen LogP contribution in [-0.2, 0) is 11.3 Å². The average Bonchev–Trinajstić information content (AvgIpc) is 3.18. The zero-order valence-corrected chi connectivity index (χ0v) is 19.9. The Morgan fingerprint density at radius 2 is 1.65 bits per heavy atom. The molecule has 0 saturated heterocycles. The number of benzene rings is 3. The molecule has 6 rings (SSSR count). The first kappa shape index (κ1) is 22.5. The van der Waals surface area contributed by atoms with Crippen LogP contribution in [0.1, 0.15) is 40.7 Å². The Bertz CT molecular complexity index is 1750. The van der Waals surface area contributed by atoms with Gasteiger partial charge in [0.1, 0.15) is 23.6 Å². The molecular formula is C29H23N4O4+. The zero-order valence-electron chi connectivity index (χ0n) is 19.9. The molecule has 1 aromatic heterocycles. The Hall–Kier alpha value is -4.98. The zero-order chi connectivity index (χ0) is 25.7. The molecule has 0 radical (unpaired) electrons. The van der Waals surface area contributed by atoms with Crippen LogP contribution in [0.3, 0.4) is 0 Å². The third-order valence-electron chi connectivity index (χ3n) is 6.78. The molecule has 182 valence electrons. The van der Waals surface area contributed by atoms with E-state index in [1.807, 2.05) is 66.7 Å². The molecule has 2 aliphatic rings. The van der Waals surface area contributed by atoms with E-state index in [4.69, 9.17) is 0 Å². The van der Waals surface area contributed by atoms with E-state index >= 15 is 0 Å². The Kier molecular flexibility index (Phi) is 5.22. The van der Waals surface area contributed by atoms with Gasteiger partial charge < -0.3 is 10.4 Å². The number of anilines is 1. The Balaban J connectivity index is 1.62. The van der Waals surface area contributed by atoms with Gasteiger partial charge in [-0.2, -0.15) is 4.57 Å². The molecule has 0 fully saturated rings. The number of amides is 1. The van der Waals surface area contributed by atoms with Gasteiger partial charge in [-0.3, -0.25) is 14.6 Å². The van der Waals surface area contributed by atoms with Gasteiger partial charge in [0.15, 0.2) is 0 Å². The fourth-order valence-corrected chi connectivity index (χ4v) is 5.20. The molecule has 2 heterocycles. The second kappa shape index (κ2) is 8.60. The van der Waals surface area contributed by atoms with Crippen LogP contribution in [0.25, 0.3) is 5.76 Å². The van der Waals surface area contributed by atoms with Gasteiger partial charge in [0.25, 0.3) is 11.4 Å². The van der Waals surface area contributed by atoms with Crippen molar-refractivity contribution in [3.8, 4) is 0 Å². The van der Waals surface area contributed by atoms with E-state index in [2.05, 4.69) is 15.3 Å². The van der Waals surface area contributed by atoms with Gasteiger partial charge in [0.2, 0.25) is 5.91 Å². The van der Waals surface area contributed by atoms with Crippen LogP contribution in [0.5, 0.6) is 0 Å². The van der Waals surface area contributed by atoms with Crippen molar-refractivity contribution in [2.45, 2.75) is 19.4 Å². The number of carbonyl (C=O) groups is 1. The maximum Gasteiger partial charge on any atom is 0.416 e. The van der Waals surface area contributed by atoms with Crippen molar-refractivity contribution in [1.29, 1.82) is 0 Å². The minimum Gasteiger partial charge on any atom is -0.507 e. The normalized spacial score (nSPS) is 15.5. The SMILES string of the molecule is CC(=O)Nc1ccc(C2C3=C(O)c4ccccc4C3=[NH+]c3c2c(=O)[nH]c(=O)n3Cc2ccccc2)cc1. The van der Waals surface area contributed by atoms with Crippen molar-refractivity contribution >= 4 is 28.9 Å². The quantitative estimate of drug-likeness (QED) is 0.350. The van der Waals surface area contributed by atoms with Gasteiger partial charge >= 0.3 is 5.69 Å². The molecule has 0 bridgehead atoms. The van der Waals surface area contributed by atoms with Crippen molar-refractivity contribution < 1.29 is 14.9 Å². The maximum absolute atomic E-state index is 13.4. The van der Waals surface area contributed by atoms with E-state index in [1.54, 1.807) is 12.1 Å². The van der Waals surface area contributed by atoms with Crippen molar-refractivity contribution in [3.63, 3.8) is 0 Å². The van der Waals surface area contributed by atoms with E-state index < -0.39 is 17.2 Å². The van der Waals surface area contributed by atoms with Crippen molar-refractivity contribution in [1.82, 2.24) is 9.55 Å². The van der Waals surface area contributed by atoms with Gasteiger partial charge in [-0.25, -0.2) is 9.79 Å². The van der Waals surface area contributed by atoms with E-state index in [0.29, 0.717) is 33.9 Å². The summed E-state index contributed by atoms with van der Waals surface area (Å²) in [5.74, 6) is -0.378. The molecule has 8 nitrogen and oxygen atoms in total. The second-order valence-corrected chi connectivity index (χ2v) is 9.14. The number of hydrogen-bond acceptors (Lipinski definition) is 4. The smallest absolute Gasteiger partial charge is 0.416 e. The summed E-state index contributed by atoms with van der Waals surface area (Å²) >= 11 is 0. The lowest BCUT2D eigenvalue weighted by Gasteiger charge is -2.24. The van der Waals surface area contributed by atoms with Crippen LogP contribution in [0.2, 0.25) is 0 Å². The largest absolute Gasteiger partial charge is 0.507 e. The van der Waals surface area contributed by atoms with Crippen LogP contribution in [0.15, 0.2) is 94.0 Å². The number of aliphatic hydroxyl groups excluding tert-OH is 1.